The minimum Gasteiger partial charge on any atom is -0.366 e. The summed E-state index contributed by atoms with van der Waals surface area (Å²) in [6, 6.07) is 0.458. The van der Waals surface area contributed by atoms with E-state index in [4.69, 9.17) is 12.2 Å². The Morgan fingerprint density at radius 1 is 1.46 bits per heavy atom. The Hall–Kier alpha value is -0.350. The van der Waals surface area contributed by atoms with Crippen molar-refractivity contribution in [1.29, 1.82) is 0 Å². The minimum absolute atomic E-state index is 0.458. The van der Waals surface area contributed by atoms with Crippen LogP contribution in [-0.2, 0) is 0 Å². The van der Waals surface area contributed by atoms with Gasteiger partial charge in [-0.1, -0.05) is 0 Å². The molecule has 0 aromatic rings. The third-order valence-corrected chi connectivity index (χ3v) is 2.42. The minimum atomic E-state index is 0.458. The Bertz CT molecular complexity index is 159. The molecule has 0 saturated carbocycles. The first-order valence-electron chi connectivity index (χ1n) is 4.66. The second-order valence-corrected chi connectivity index (χ2v) is 3.84. The molecule has 0 aromatic heterocycles. The zero-order valence-corrected chi connectivity index (χ0v) is 10.1. The highest BCUT2D eigenvalue weighted by Crippen LogP contribution is 2.00. The Kier molecular flexibility index (Phi) is 5.99. The van der Waals surface area contributed by atoms with Gasteiger partial charge in [0.05, 0.1) is 0 Å². The summed E-state index contributed by atoms with van der Waals surface area (Å²) in [5.74, 6) is 0. The van der Waals surface area contributed by atoms with E-state index in [1.165, 1.54) is 0 Å². The quantitative estimate of drug-likeness (QED) is 0.680. The molecule has 0 radical (unpaired) electrons. The SMILES string of the molecule is CCN(C(=S)NC)C(C)CN(C)C. The maximum atomic E-state index is 5.20. The molecule has 0 amide bonds. The van der Waals surface area contributed by atoms with Crippen molar-refractivity contribution in [2.45, 2.75) is 19.9 Å². The fourth-order valence-corrected chi connectivity index (χ4v) is 1.74. The number of likely N-dealkylation sites (N-methyl/N-ethyl adjacent to an activating group) is 2. The van der Waals surface area contributed by atoms with Crippen LogP contribution in [0.4, 0.5) is 0 Å². The molecule has 0 spiro atoms. The van der Waals surface area contributed by atoms with Gasteiger partial charge in [0.25, 0.3) is 0 Å². The van der Waals surface area contributed by atoms with Gasteiger partial charge in [-0.15, -0.1) is 0 Å². The van der Waals surface area contributed by atoms with Crippen molar-refractivity contribution in [3.8, 4) is 0 Å². The van der Waals surface area contributed by atoms with Crippen LogP contribution in [0.1, 0.15) is 13.8 Å². The van der Waals surface area contributed by atoms with Crippen LogP contribution in [0.3, 0.4) is 0 Å². The van der Waals surface area contributed by atoms with E-state index in [2.05, 4.69) is 43.1 Å². The Morgan fingerprint density at radius 3 is 2.31 bits per heavy atom. The molecular weight excluding hydrogens is 182 g/mol. The van der Waals surface area contributed by atoms with Crippen molar-refractivity contribution in [3.05, 3.63) is 0 Å². The molecule has 0 fully saturated rings. The van der Waals surface area contributed by atoms with Gasteiger partial charge in [-0.3, -0.25) is 0 Å². The van der Waals surface area contributed by atoms with Crippen LogP contribution in [0.15, 0.2) is 0 Å². The van der Waals surface area contributed by atoms with Crippen LogP contribution in [0.5, 0.6) is 0 Å². The molecule has 13 heavy (non-hydrogen) atoms. The van der Waals surface area contributed by atoms with Gasteiger partial charge in [0.1, 0.15) is 0 Å². The second-order valence-electron chi connectivity index (χ2n) is 3.45. The summed E-state index contributed by atoms with van der Waals surface area (Å²) in [5, 5.41) is 3.84. The molecule has 0 aliphatic rings. The summed E-state index contributed by atoms with van der Waals surface area (Å²) in [5.41, 5.74) is 0. The van der Waals surface area contributed by atoms with Gasteiger partial charge >= 0.3 is 0 Å². The van der Waals surface area contributed by atoms with Gasteiger partial charge in [0.15, 0.2) is 5.11 Å². The first-order valence-corrected chi connectivity index (χ1v) is 5.06. The van der Waals surface area contributed by atoms with Crippen LogP contribution >= 0.6 is 12.2 Å². The molecule has 0 aromatic carbocycles. The summed E-state index contributed by atoms with van der Waals surface area (Å²) in [7, 11) is 6.02. The maximum absolute atomic E-state index is 5.20. The molecule has 0 bridgehead atoms. The van der Waals surface area contributed by atoms with Gasteiger partial charge in [0.2, 0.25) is 0 Å². The van der Waals surface area contributed by atoms with E-state index in [1.54, 1.807) is 0 Å². The molecule has 1 atom stereocenters. The van der Waals surface area contributed by atoms with Crippen LogP contribution in [0, 0.1) is 0 Å². The normalized spacial score (nSPS) is 12.8. The number of rotatable bonds is 4. The van der Waals surface area contributed by atoms with Crippen molar-refractivity contribution >= 4 is 17.3 Å². The van der Waals surface area contributed by atoms with E-state index in [0.29, 0.717) is 6.04 Å². The largest absolute Gasteiger partial charge is 0.366 e. The van der Waals surface area contributed by atoms with Crippen LogP contribution in [0.2, 0.25) is 0 Å². The van der Waals surface area contributed by atoms with E-state index in [0.717, 1.165) is 18.2 Å². The lowest BCUT2D eigenvalue weighted by molar-refractivity contribution is 0.263. The van der Waals surface area contributed by atoms with Crippen LogP contribution in [-0.4, -0.2) is 55.2 Å². The molecule has 1 N–H and O–H groups in total. The second kappa shape index (κ2) is 6.16. The van der Waals surface area contributed by atoms with E-state index in [-0.39, 0.29) is 0 Å². The Balaban J connectivity index is 4.14. The van der Waals surface area contributed by atoms with E-state index >= 15 is 0 Å². The predicted octanol–water partition coefficient (Wildman–Crippen LogP) is 0.763. The number of hydrogen-bond acceptors (Lipinski definition) is 2. The molecule has 0 aliphatic carbocycles. The molecule has 0 rings (SSSR count). The number of nitrogens with one attached hydrogen (secondary N) is 1. The highest BCUT2D eigenvalue weighted by atomic mass is 32.1. The van der Waals surface area contributed by atoms with Crippen molar-refractivity contribution < 1.29 is 0 Å². The highest BCUT2D eigenvalue weighted by molar-refractivity contribution is 7.80. The topological polar surface area (TPSA) is 18.5 Å². The lowest BCUT2D eigenvalue weighted by Crippen LogP contribution is -2.47. The third-order valence-electron chi connectivity index (χ3n) is 1.98. The fourth-order valence-electron chi connectivity index (χ4n) is 1.43. The summed E-state index contributed by atoms with van der Waals surface area (Å²) < 4.78 is 0. The first-order chi connectivity index (χ1) is 6.02. The van der Waals surface area contributed by atoms with Crippen LogP contribution in [0.25, 0.3) is 0 Å². The average Bonchev–Trinajstić information content (AvgIpc) is 2.03. The highest BCUT2D eigenvalue weighted by Gasteiger charge is 2.14. The number of nitrogens with zero attached hydrogens (tertiary/aromatic N) is 2. The van der Waals surface area contributed by atoms with Gasteiger partial charge in [-0.05, 0) is 40.2 Å². The van der Waals surface area contributed by atoms with E-state index in [9.17, 15) is 0 Å². The molecule has 0 heterocycles. The summed E-state index contributed by atoms with van der Waals surface area (Å²) in [6.07, 6.45) is 0. The average molecular weight is 203 g/mol. The van der Waals surface area contributed by atoms with Gasteiger partial charge in [-0.25, -0.2) is 0 Å². The molecular formula is C9H21N3S. The van der Waals surface area contributed by atoms with Crippen molar-refractivity contribution in [2.24, 2.45) is 0 Å². The van der Waals surface area contributed by atoms with Crippen molar-refractivity contribution in [3.63, 3.8) is 0 Å². The van der Waals surface area contributed by atoms with E-state index < -0.39 is 0 Å². The molecule has 4 heteroatoms. The van der Waals surface area contributed by atoms with Crippen LogP contribution < -0.4 is 5.32 Å². The fraction of sp³-hybridized carbons (Fsp3) is 0.889. The standard InChI is InChI=1S/C9H21N3S/c1-6-12(9(13)10-3)8(2)7-11(4)5/h8H,6-7H2,1-5H3,(H,10,13). The Labute approximate surface area is 87.1 Å². The van der Waals surface area contributed by atoms with Gasteiger partial charge < -0.3 is 15.1 Å². The number of hydrogen-bond donors (Lipinski definition) is 1. The van der Waals surface area contributed by atoms with E-state index in [1.807, 2.05) is 7.05 Å². The monoisotopic (exact) mass is 203 g/mol. The van der Waals surface area contributed by atoms with Crippen molar-refractivity contribution in [1.82, 2.24) is 15.1 Å². The molecule has 0 aliphatic heterocycles. The Morgan fingerprint density at radius 2 is 2.00 bits per heavy atom. The number of thiocarbonyl (C=S) groups is 1. The molecule has 3 nitrogen and oxygen atoms in total. The predicted molar refractivity (Wildman–Crippen MR) is 62.1 cm³/mol. The zero-order valence-electron chi connectivity index (χ0n) is 9.29. The third kappa shape index (κ3) is 4.43. The maximum Gasteiger partial charge on any atom is 0.168 e. The summed E-state index contributed by atoms with van der Waals surface area (Å²) >= 11 is 5.20. The summed E-state index contributed by atoms with van der Waals surface area (Å²) in [4.78, 5) is 4.36. The summed E-state index contributed by atoms with van der Waals surface area (Å²) in [6.45, 7) is 6.28. The molecule has 78 valence electrons. The molecule has 1 unspecified atom stereocenters. The lowest BCUT2D eigenvalue weighted by Gasteiger charge is -2.31. The zero-order chi connectivity index (χ0) is 10.4. The molecule has 0 saturated heterocycles. The van der Waals surface area contributed by atoms with Gasteiger partial charge in [-0.2, -0.15) is 0 Å². The smallest absolute Gasteiger partial charge is 0.168 e. The first kappa shape index (κ1) is 12.7. The van der Waals surface area contributed by atoms with Gasteiger partial charge in [0, 0.05) is 26.2 Å². The lowest BCUT2D eigenvalue weighted by atomic mass is 10.3. The van der Waals surface area contributed by atoms with Crippen molar-refractivity contribution in [2.75, 3.05) is 34.2 Å².